The molecule has 1 aliphatic carbocycles. The van der Waals surface area contributed by atoms with Gasteiger partial charge in [-0.25, -0.2) is 0 Å². The van der Waals surface area contributed by atoms with E-state index in [-0.39, 0.29) is 0 Å². The van der Waals surface area contributed by atoms with Crippen LogP contribution in [-0.4, -0.2) is 55.6 Å². The molecule has 0 radical (unpaired) electrons. The molecule has 0 heterocycles. The third-order valence-electron chi connectivity index (χ3n) is 4.97. The average molecular weight is 269 g/mol. The molecule has 2 N–H and O–H groups in total. The quantitative estimate of drug-likeness (QED) is 0.735. The smallest absolute Gasteiger partial charge is 0.0334 e. The lowest BCUT2D eigenvalue weighted by Gasteiger charge is -2.48. The molecule has 0 spiro atoms. The average Bonchev–Trinajstić information content (AvgIpc) is 2.43. The van der Waals surface area contributed by atoms with E-state index in [1.54, 1.807) is 0 Å². The fraction of sp³-hybridized carbons (Fsp3) is 1.00. The molecule has 19 heavy (non-hydrogen) atoms. The fourth-order valence-corrected chi connectivity index (χ4v) is 3.72. The van der Waals surface area contributed by atoms with Gasteiger partial charge in [0.15, 0.2) is 0 Å². The first-order chi connectivity index (χ1) is 9.07. The minimum absolute atomic E-state index is 0.292. The molecule has 0 aromatic heterocycles. The molecule has 2 unspecified atom stereocenters. The van der Waals surface area contributed by atoms with Gasteiger partial charge in [-0.2, -0.15) is 0 Å². The predicted molar refractivity (Wildman–Crippen MR) is 84.5 cm³/mol. The van der Waals surface area contributed by atoms with Crippen LogP contribution in [0.4, 0.5) is 0 Å². The Morgan fingerprint density at radius 1 is 1.21 bits per heavy atom. The van der Waals surface area contributed by atoms with Crippen molar-refractivity contribution in [2.75, 3.05) is 40.3 Å². The highest BCUT2D eigenvalue weighted by Crippen LogP contribution is 2.37. The van der Waals surface area contributed by atoms with E-state index >= 15 is 0 Å². The Bertz CT molecular complexity index is 242. The Hall–Kier alpha value is -0.120. The zero-order valence-electron chi connectivity index (χ0n) is 13.6. The summed E-state index contributed by atoms with van der Waals surface area (Å²) in [4.78, 5) is 4.96. The van der Waals surface area contributed by atoms with Crippen LogP contribution in [-0.2, 0) is 0 Å². The van der Waals surface area contributed by atoms with Gasteiger partial charge in [0.2, 0.25) is 0 Å². The highest BCUT2D eigenvalue weighted by atomic mass is 15.2. The van der Waals surface area contributed by atoms with Crippen molar-refractivity contribution >= 4 is 0 Å². The van der Waals surface area contributed by atoms with Gasteiger partial charge >= 0.3 is 0 Å². The second-order valence-corrected chi connectivity index (χ2v) is 6.54. The molecule has 1 fully saturated rings. The van der Waals surface area contributed by atoms with Crippen molar-refractivity contribution in [2.24, 2.45) is 11.7 Å². The molecular formula is C16H35N3. The van der Waals surface area contributed by atoms with Gasteiger partial charge in [0.25, 0.3) is 0 Å². The first kappa shape index (κ1) is 16.9. The van der Waals surface area contributed by atoms with E-state index in [0.29, 0.717) is 5.54 Å². The van der Waals surface area contributed by atoms with Gasteiger partial charge in [-0.3, -0.25) is 4.90 Å². The number of hydrogen-bond donors (Lipinski definition) is 1. The summed E-state index contributed by atoms with van der Waals surface area (Å²) in [6.45, 7) is 8.97. The third-order valence-corrected chi connectivity index (χ3v) is 4.97. The summed E-state index contributed by atoms with van der Waals surface area (Å²) in [5.74, 6) is 0.889. The summed E-state index contributed by atoms with van der Waals surface area (Å²) < 4.78 is 0. The Kier molecular flexibility index (Phi) is 7.33. The van der Waals surface area contributed by atoms with Crippen LogP contribution in [0.5, 0.6) is 0 Å². The number of nitrogens with two attached hydrogens (primary N) is 1. The minimum Gasteiger partial charge on any atom is -0.329 e. The van der Waals surface area contributed by atoms with Crippen molar-refractivity contribution < 1.29 is 0 Å². The maximum absolute atomic E-state index is 6.21. The second-order valence-electron chi connectivity index (χ2n) is 6.54. The van der Waals surface area contributed by atoms with Crippen LogP contribution in [0.2, 0.25) is 0 Å². The standard InChI is InChI=1S/C16H35N3/c1-5-15-9-7-10-16(13-15,14-17)19(6-2)12-8-11-18(3)4/h15H,5-14,17H2,1-4H3. The van der Waals surface area contributed by atoms with Crippen LogP contribution in [0.1, 0.15) is 52.4 Å². The molecular weight excluding hydrogens is 234 g/mol. The molecule has 3 nitrogen and oxygen atoms in total. The van der Waals surface area contributed by atoms with Gasteiger partial charge in [0, 0.05) is 12.1 Å². The maximum atomic E-state index is 6.21. The summed E-state index contributed by atoms with van der Waals surface area (Å²) in [5, 5.41) is 0. The fourth-order valence-electron chi connectivity index (χ4n) is 3.72. The molecule has 0 aliphatic heterocycles. The molecule has 0 amide bonds. The van der Waals surface area contributed by atoms with E-state index in [2.05, 4.69) is 37.7 Å². The first-order valence-electron chi connectivity index (χ1n) is 8.17. The van der Waals surface area contributed by atoms with Crippen molar-refractivity contribution in [1.29, 1.82) is 0 Å². The highest BCUT2D eigenvalue weighted by molar-refractivity contribution is 4.96. The Morgan fingerprint density at radius 3 is 2.47 bits per heavy atom. The number of likely N-dealkylation sites (N-methyl/N-ethyl adjacent to an activating group) is 1. The number of hydrogen-bond acceptors (Lipinski definition) is 3. The lowest BCUT2D eigenvalue weighted by atomic mass is 9.73. The van der Waals surface area contributed by atoms with Crippen LogP contribution >= 0.6 is 0 Å². The largest absolute Gasteiger partial charge is 0.329 e. The zero-order chi connectivity index (χ0) is 14.3. The molecule has 0 bridgehead atoms. The lowest BCUT2D eigenvalue weighted by Crippen LogP contribution is -2.56. The van der Waals surface area contributed by atoms with Crippen LogP contribution in [0.25, 0.3) is 0 Å². The SMILES string of the molecule is CCC1CCCC(CN)(N(CC)CCCN(C)C)C1. The van der Waals surface area contributed by atoms with Crippen LogP contribution in [0.15, 0.2) is 0 Å². The van der Waals surface area contributed by atoms with E-state index in [9.17, 15) is 0 Å². The predicted octanol–water partition coefficient (Wildman–Crippen LogP) is 2.56. The third kappa shape index (κ3) is 4.73. The monoisotopic (exact) mass is 269 g/mol. The van der Waals surface area contributed by atoms with E-state index in [1.165, 1.54) is 51.6 Å². The first-order valence-corrected chi connectivity index (χ1v) is 8.17. The zero-order valence-corrected chi connectivity index (χ0v) is 13.6. The lowest BCUT2D eigenvalue weighted by molar-refractivity contribution is 0.0366. The summed E-state index contributed by atoms with van der Waals surface area (Å²) >= 11 is 0. The van der Waals surface area contributed by atoms with Crippen molar-refractivity contribution in [3.8, 4) is 0 Å². The Labute approximate surface area is 120 Å². The van der Waals surface area contributed by atoms with Gasteiger partial charge in [0.05, 0.1) is 0 Å². The van der Waals surface area contributed by atoms with Crippen molar-refractivity contribution in [3.63, 3.8) is 0 Å². The Morgan fingerprint density at radius 2 is 1.95 bits per heavy atom. The number of nitrogens with zero attached hydrogens (tertiary/aromatic N) is 2. The molecule has 0 aromatic rings. The molecule has 3 heteroatoms. The minimum atomic E-state index is 0.292. The van der Waals surface area contributed by atoms with Crippen LogP contribution in [0.3, 0.4) is 0 Å². The van der Waals surface area contributed by atoms with Gasteiger partial charge in [-0.05, 0) is 58.9 Å². The topological polar surface area (TPSA) is 32.5 Å². The molecule has 0 aromatic carbocycles. The van der Waals surface area contributed by atoms with Crippen LogP contribution < -0.4 is 5.73 Å². The highest BCUT2D eigenvalue weighted by Gasteiger charge is 2.38. The summed E-state index contributed by atoms with van der Waals surface area (Å²) in [5.41, 5.74) is 6.50. The van der Waals surface area contributed by atoms with Gasteiger partial charge in [0.1, 0.15) is 0 Å². The van der Waals surface area contributed by atoms with Gasteiger partial charge < -0.3 is 10.6 Å². The summed E-state index contributed by atoms with van der Waals surface area (Å²) in [6.07, 6.45) is 7.95. The van der Waals surface area contributed by atoms with Crippen molar-refractivity contribution in [1.82, 2.24) is 9.80 Å². The molecule has 1 rings (SSSR count). The van der Waals surface area contributed by atoms with E-state index in [0.717, 1.165) is 19.0 Å². The molecule has 114 valence electrons. The van der Waals surface area contributed by atoms with Gasteiger partial charge in [-0.15, -0.1) is 0 Å². The van der Waals surface area contributed by atoms with E-state index in [1.807, 2.05) is 0 Å². The summed E-state index contributed by atoms with van der Waals surface area (Å²) in [7, 11) is 4.31. The van der Waals surface area contributed by atoms with E-state index in [4.69, 9.17) is 5.73 Å². The van der Waals surface area contributed by atoms with Crippen molar-refractivity contribution in [3.05, 3.63) is 0 Å². The van der Waals surface area contributed by atoms with Crippen LogP contribution in [0, 0.1) is 5.92 Å². The summed E-state index contributed by atoms with van der Waals surface area (Å²) in [6, 6.07) is 0. The second kappa shape index (κ2) is 8.23. The molecule has 0 saturated heterocycles. The Balaban J connectivity index is 2.62. The van der Waals surface area contributed by atoms with Crippen molar-refractivity contribution in [2.45, 2.75) is 57.9 Å². The molecule has 1 saturated carbocycles. The maximum Gasteiger partial charge on any atom is 0.0334 e. The number of rotatable bonds is 8. The molecule has 2 atom stereocenters. The van der Waals surface area contributed by atoms with Gasteiger partial charge in [-0.1, -0.05) is 33.1 Å². The molecule has 1 aliphatic rings. The normalized spacial score (nSPS) is 28.3. The van der Waals surface area contributed by atoms with E-state index < -0.39 is 0 Å².